The van der Waals surface area contributed by atoms with Crippen LogP contribution in [0.3, 0.4) is 0 Å². The quantitative estimate of drug-likeness (QED) is 0.454. The summed E-state index contributed by atoms with van der Waals surface area (Å²) < 4.78 is 11.0. The predicted molar refractivity (Wildman–Crippen MR) is 82.0 cm³/mol. The van der Waals surface area contributed by atoms with Crippen molar-refractivity contribution in [3.05, 3.63) is 0 Å². The summed E-state index contributed by atoms with van der Waals surface area (Å²) in [4.78, 5) is 0. The molecule has 1 fully saturated rings. The molecule has 0 bridgehead atoms. The Labute approximate surface area is 124 Å². The smallest absolute Gasteiger partial charge is 0.0897 e. The molecule has 4 nitrogen and oxygen atoms in total. The minimum atomic E-state index is -0.395. The maximum absolute atomic E-state index is 9.72. The van der Waals surface area contributed by atoms with Crippen molar-refractivity contribution in [3.63, 3.8) is 0 Å². The zero-order valence-electron chi connectivity index (χ0n) is 13.1. The Balaban J connectivity index is 1.71. The lowest BCUT2D eigenvalue weighted by Gasteiger charge is -2.12. The van der Waals surface area contributed by atoms with Crippen molar-refractivity contribution in [2.24, 2.45) is 5.92 Å². The van der Waals surface area contributed by atoms with Gasteiger partial charge in [0.1, 0.15) is 0 Å². The van der Waals surface area contributed by atoms with E-state index < -0.39 is 6.10 Å². The van der Waals surface area contributed by atoms with E-state index in [1.165, 1.54) is 32.1 Å². The first-order valence-corrected chi connectivity index (χ1v) is 8.37. The van der Waals surface area contributed by atoms with Gasteiger partial charge in [-0.25, -0.2) is 0 Å². The van der Waals surface area contributed by atoms with E-state index in [-0.39, 0.29) is 0 Å². The fourth-order valence-corrected chi connectivity index (χ4v) is 2.01. The maximum Gasteiger partial charge on any atom is 0.0897 e. The fourth-order valence-electron chi connectivity index (χ4n) is 2.01. The molecule has 1 rings (SSSR count). The topological polar surface area (TPSA) is 50.7 Å². The highest BCUT2D eigenvalue weighted by atomic mass is 16.5. The van der Waals surface area contributed by atoms with Gasteiger partial charge in [0.2, 0.25) is 0 Å². The number of rotatable bonds is 15. The van der Waals surface area contributed by atoms with Gasteiger partial charge in [0.05, 0.1) is 12.7 Å². The number of aliphatic hydroxyl groups excluding tert-OH is 1. The Morgan fingerprint density at radius 1 is 1.10 bits per heavy atom. The number of hydrogen-bond donors (Lipinski definition) is 2. The summed E-state index contributed by atoms with van der Waals surface area (Å²) in [5, 5.41) is 13.0. The summed E-state index contributed by atoms with van der Waals surface area (Å²) in [6.45, 7) is 6.69. The lowest BCUT2D eigenvalue weighted by atomic mass is 10.2. The SMILES string of the molecule is CCCCCCOCC(O)CNCCCOCC1CC1. The van der Waals surface area contributed by atoms with Crippen LogP contribution in [0.5, 0.6) is 0 Å². The van der Waals surface area contributed by atoms with Gasteiger partial charge in [-0.1, -0.05) is 26.2 Å². The van der Waals surface area contributed by atoms with Gasteiger partial charge in [0.25, 0.3) is 0 Å². The van der Waals surface area contributed by atoms with Crippen molar-refractivity contribution in [2.45, 2.75) is 58.0 Å². The molecule has 1 aliphatic rings. The zero-order valence-corrected chi connectivity index (χ0v) is 13.1. The standard InChI is InChI=1S/C16H33NO3/c1-2-3-4-5-10-20-14-16(18)12-17-9-6-11-19-13-15-7-8-15/h15-18H,2-14H2,1H3. The van der Waals surface area contributed by atoms with Gasteiger partial charge in [-0.15, -0.1) is 0 Å². The molecule has 0 aromatic carbocycles. The van der Waals surface area contributed by atoms with Gasteiger partial charge in [-0.2, -0.15) is 0 Å². The molecule has 20 heavy (non-hydrogen) atoms. The van der Waals surface area contributed by atoms with Gasteiger partial charge in [0.15, 0.2) is 0 Å². The van der Waals surface area contributed by atoms with Crippen LogP contribution in [0.15, 0.2) is 0 Å². The number of aliphatic hydroxyl groups is 1. The van der Waals surface area contributed by atoms with E-state index >= 15 is 0 Å². The van der Waals surface area contributed by atoms with Crippen molar-refractivity contribution in [2.75, 3.05) is 39.5 Å². The van der Waals surface area contributed by atoms with Gasteiger partial charge < -0.3 is 19.9 Å². The number of hydrogen-bond acceptors (Lipinski definition) is 4. The Hall–Kier alpha value is -0.160. The molecule has 120 valence electrons. The molecule has 1 saturated carbocycles. The maximum atomic E-state index is 9.72. The van der Waals surface area contributed by atoms with Crippen LogP contribution in [0, 0.1) is 5.92 Å². The molecule has 0 radical (unpaired) electrons. The summed E-state index contributed by atoms with van der Waals surface area (Å²) >= 11 is 0. The highest BCUT2D eigenvalue weighted by Crippen LogP contribution is 2.28. The van der Waals surface area contributed by atoms with Crippen molar-refractivity contribution >= 4 is 0 Å². The van der Waals surface area contributed by atoms with Crippen LogP contribution in [0.25, 0.3) is 0 Å². The second-order valence-electron chi connectivity index (χ2n) is 5.87. The van der Waals surface area contributed by atoms with Crippen molar-refractivity contribution in [1.82, 2.24) is 5.32 Å². The highest BCUT2D eigenvalue weighted by molar-refractivity contribution is 4.71. The van der Waals surface area contributed by atoms with Crippen LogP contribution in [0.1, 0.15) is 51.9 Å². The average Bonchev–Trinajstić information content (AvgIpc) is 3.26. The second kappa shape index (κ2) is 12.6. The first-order valence-electron chi connectivity index (χ1n) is 8.37. The number of unbranched alkanes of at least 4 members (excludes halogenated alkanes) is 3. The van der Waals surface area contributed by atoms with Crippen LogP contribution in [-0.4, -0.2) is 50.7 Å². The monoisotopic (exact) mass is 287 g/mol. The molecule has 0 spiro atoms. The average molecular weight is 287 g/mol. The third-order valence-electron chi connectivity index (χ3n) is 3.53. The van der Waals surface area contributed by atoms with Crippen LogP contribution in [0.4, 0.5) is 0 Å². The Kier molecular flexibility index (Phi) is 11.2. The van der Waals surface area contributed by atoms with E-state index in [0.717, 1.165) is 45.1 Å². The Morgan fingerprint density at radius 2 is 1.90 bits per heavy atom. The summed E-state index contributed by atoms with van der Waals surface area (Å²) in [6, 6.07) is 0. The predicted octanol–water partition coefficient (Wildman–Crippen LogP) is 2.35. The van der Waals surface area contributed by atoms with Crippen LogP contribution < -0.4 is 5.32 Å². The second-order valence-corrected chi connectivity index (χ2v) is 5.87. The van der Waals surface area contributed by atoms with Crippen molar-refractivity contribution < 1.29 is 14.6 Å². The van der Waals surface area contributed by atoms with E-state index in [9.17, 15) is 5.11 Å². The molecule has 0 aromatic heterocycles. The molecule has 0 heterocycles. The molecular weight excluding hydrogens is 254 g/mol. The third-order valence-corrected chi connectivity index (χ3v) is 3.53. The molecule has 0 amide bonds. The molecule has 1 unspecified atom stereocenters. The van der Waals surface area contributed by atoms with Crippen LogP contribution in [0.2, 0.25) is 0 Å². The summed E-state index contributed by atoms with van der Waals surface area (Å²) in [6.07, 6.45) is 8.17. The van der Waals surface area contributed by atoms with E-state index in [4.69, 9.17) is 9.47 Å². The summed E-state index contributed by atoms with van der Waals surface area (Å²) in [5.74, 6) is 0.847. The van der Waals surface area contributed by atoms with E-state index in [1.54, 1.807) is 0 Å². The third kappa shape index (κ3) is 11.6. The normalized spacial score (nSPS) is 16.5. The first-order chi connectivity index (χ1) is 9.83. The van der Waals surface area contributed by atoms with E-state index in [0.29, 0.717) is 13.2 Å². The summed E-state index contributed by atoms with van der Waals surface area (Å²) in [7, 11) is 0. The fraction of sp³-hybridized carbons (Fsp3) is 1.00. The first kappa shape index (κ1) is 17.9. The van der Waals surface area contributed by atoms with Crippen LogP contribution >= 0.6 is 0 Å². The van der Waals surface area contributed by atoms with Gasteiger partial charge in [-0.05, 0) is 38.1 Å². The molecule has 0 saturated heterocycles. The van der Waals surface area contributed by atoms with E-state index in [1.807, 2.05) is 0 Å². The lowest BCUT2D eigenvalue weighted by molar-refractivity contribution is 0.0351. The molecule has 0 aromatic rings. The minimum Gasteiger partial charge on any atom is -0.389 e. The number of nitrogens with one attached hydrogen (secondary N) is 1. The zero-order chi connectivity index (χ0) is 14.5. The molecule has 4 heteroatoms. The van der Waals surface area contributed by atoms with Crippen molar-refractivity contribution in [1.29, 1.82) is 0 Å². The minimum absolute atomic E-state index is 0.395. The van der Waals surface area contributed by atoms with Crippen molar-refractivity contribution in [3.8, 4) is 0 Å². The largest absolute Gasteiger partial charge is 0.389 e. The highest BCUT2D eigenvalue weighted by Gasteiger charge is 2.20. The lowest BCUT2D eigenvalue weighted by Crippen LogP contribution is -2.31. The Bertz CT molecular complexity index is 210. The van der Waals surface area contributed by atoms with E-state index in [2.05, 4.69) is 12.2 Å². The molecule has 0 aliphatic heterocycles. The van der Waals surface area contributed by atoms with Gasteiger partial charge >= 0.3 is 0 Å². The molecule has 1 aliphatic carbocycles. The van der Waals surface area contributed by atoms with Crippen LogP contribution in [-0.2, 0) is 9.47 Å². The molecule has 1 atom stereocenters. The van der Waals surface area contributed by atoms with Gasteiger partial charge in [-0.3, -0.25) is 0 Å². The Morgan fingerprint density at radius 3 is 2.65 bits per heavy atom. The number of ether oxygens (including phenoxy) is 2. The van der Waals surface area contributed by atoms with Gasteiger partial charge in [0, 0.05) is 26.4 Å². The molecular formula is C16H33NO3. The summed E-state index contributed by atoms with van der Waals surface area (Å²) in [5.41, 5.74) is 0. The molecule has 2 N–H and O–H groups in total.